The Morgan fingerprint density at radius 3 is 2.61 bits per heavy atom. The maximum atomic E-state index is 10.9. The predicted octanol–water partition coefficient (Wildman–Crippen LogP) is 5.80. The van der Waals surface area contributed by atoms with E-state index in [0.29, 0.717) is 13.2 Å². The topological polar surface area (TPSA) is 72.2 Å². The number of pyridine rings is 1. The third-order valence-corrected chi connectivity index (χ3v) is 7.29. The number of aryl methyl sites for hydroxylation is 3. The number of hydrogen-bond donors (Lipinski definition) is 2. The number of nitrogens with one attached hydrogen (secondary N) is 1. The summed E-state index contributed by atoms with van der Waals surface area (Å²) in [5.41, 5.74) is 7.39. The third-order valence-electron chi connectivity index (χ3n) is 7.29. The van der Waals surface area contributed by atoms with E-state index in [2.05, 4.69) is 60.7 Å². The molecule has 0 aliphatic carbocycles. The van der Waals surface area contributed by atoms with Crippen molar-refractivity contribution >= 4 is 27.4 Å². The molecule has 0 bridgehead atoms. The molecule has 3 aromatic carbocycles. The molecular formula is C30H30N4O2. The minimum atomic E-state index is -0.932. The van der Waals surface area contributed by atoms with Gasteiger partial charge >= 0.3 is 0 Å². The molecule has 0 spiro atoms. The fraction of sp³-hybridized carbons (Fsp3) is 0.267. The molecule has 5 aromatic rings. The molecule has 0 unspecified atom stereocenters. The minimum Gasteiger partial charge on any atom is -0.380 e. The first-order valence-corrected chi connectivity index (χ1v) is 12.3. The van der Waals surface area contributed by atoms with Crippen LogP contribution in [0.15, 0.2) is 66.9 Å². The summed E-state index contributed by atoms with van der Waals surface area (Å²) < 4.78 is 7.23. The molecule has 36 heavy (non-hydrogen) atoms. The number of aromatic nitrogens is 3. The van der Waals surface area contributed by atoms with Crippen molar-refractivity contribution in [3.63, 3.8) is 0 Å². The molecule has 1 aliphatic rings. The van der Waals surface area contributed by atoms with Gasteiger partial charge in [0.15, 0.2) is 0 Å². The molecule has 182 valence electrons. The summed E-state index contributed by atoms with van der Waals surface area (Å²) in [6.45, 7) is 6.97. The summed E-state index contributed by atoms with van der Waals surface area (Å²) in [4.78, 5) is 4.82. The van der Waals surface area contributed by atoms with Gasteiger partial charge in [0.05, 0.1) is 30.1 Å². The number of nitrogens with zero attached hydrogens (tertiary/aromatic N) is 3. The second-order valence-corrected chi connectivity index (χ2v) is 10.0. The van der Waals surface area contributed by atoms with Crippen molar-refractivity contribution in [3.8, 4) is 11.3 Å². The van der Waals surface area contributed by atoms with E-state index in [-0.39, 0.29) is 6.04 Å². The third kappa shape index (κ3) is 3.74. The molecule has 0 amide bonds. The highest BCUT2D eigenvalue weighted by molar-refractivity contribution is 5.91. The van der Waals surface area contributed by atoms with Crippen LogP contribution in [0.5, 0.6) is 0 Å². The molecule has 0 saturated carbocycles. The maximum Gasteiger partial charge on any atom is 0.138 e. The number of anilines is 1. The molecule has 2 N–H and O–H groups in total. The van der Waals surface area contributed by atoms with Gasteiger partial charge in [0.2, 0.25) is 0 Å². The zero-order chi connectivity index (χ0) is 25.0. The van der Waals surface area contributed by atoms with E-state index in [1.165, 1.54) is 11.1 Å². The number of aliphatic hydroxyl groups is 1. The highest BCUT2D eigenvalue weighted by Crippen LogP contribution is 2.37. The Balaban J connectivity index is 1.41. The van der Waals surface area contributed by atoms with E-state index in [0.717, 1.165) is 49.9 Å². The summed E-state index contributed by atoms with van der Waals surface area (Å²) in [5.74, 6) is 0. The molecule has 3 heterocycles. The Hall–Kier alpha value is -3.74. The van der Waals surface area contributed by atoms with E-state index in [1.54, 1.807) is 0 Å². The van der Waals surface area contributed by atoms with Gasteiger partial charge in [0, 0.05) is 46.9 Å². The van der Waals surface area contributed by atoms with Crippen molar-refractivity contribution in [1.82, 2.24) is 14.8 Å². The second kappa shape index (κ2) is 8.43. The van der Waals surface area contributed by atoms with Crippen molar-refractivity contribution in [2.24, 2.45) is 7.05 Å². The Kier molecular flexibility index (Phi) is 5.32. The van der Waals surface area contributed by atoms with Gasteiger partial charge in [-0.15, -0.1) is 0 Å². The molecular weight excluding hydrogens is 448 g/mol. The number of benzene rings is 3. The van der Waals surface area contributed by atoms with Crippen molar-refractivity contribution in [2.75, 3.05) is 18.5 Å². The van der Waals surface area contributed by atoms with E-state index in [9.17, 15) is 5.11 Å². The highest BCUT2D eigenvalue weighted by atomic mass is 16.5. The zero-order valence-corrected chi connectivity index (χ0v) is 21.0. The maximum absolute atomic E-state index is 10.9. The van der Waals surface area contributed by atoms with Crippen LogP contribution in [-0.2, 0) is 17.4 Å². The van der Waals surface area contributed by atoms with Crippen LogP contribution in [0.4, 0.5) is 5.69 Å². The van der Waals surface area contributed by atoms with Crippen molar-refractivity contribution in [2.45, 2.75) is 32.4 Å². The number of hydrogen-bond acceptors (Lipinski definition) is 5. The Morgan fingerprint density at radius 1 is 1.03 bits per heavy atom. The largest absolute Gasteiger partial charge is 0.380 e. The number of para-hydroxylation sites is 1. The Morgan fingerprint density at radius 2 is 1.83 bits per heavy atom. The Bertz CT molecular complexity index is 1620. The van der Waals surface area contributed by atoms with Crippen molar-refractivity contribution < 1.29 is 9.84 Å². The van der Waals surface area contributed by atoms with Gasteiger partial charge in [-0.3, -0.25) is 9.67 Å². The smallest absolute Gasteiger partial charge is 0.138 e. The second-order valence-electron chi connectivity index (χ2n) is 10.0. The summed E-state index contributed by atoms with van der Waals surface area (Å²) in [6, 6.07) is 21.0. The molecule has 0 radical (unpaired) electrons. The molecule has 2 aromatic heterocycles. The lowest BCUT2D eigenvalue weighted by Crippen LogP contribution is -2.46. The van der Waals surface area contributed by atoms with Crippen LogP contribution in [0.2, 0.25) is 0 Å². The predicted molar refractivity (Wildman–Crippen MR) is 144 cm³/mol. The van der Waals surface area contributed by atoms with Gasteiger partial charge < -0.3 is 15.2 Å². The fourth-order valence-corrected chi connectivity index (χ4v) is 5.33. The monoisotopic (exact) mass is 478 g/mol. The van der Waals surface area contributed by atoms with Gasteiger partial charge in [0.1, 0.15) is 5.60 Å². The SMILES string of the molecule is Cc1cc([C@@H](C)Nc2ccccc2C2(O)COC2)c2cc(-c3ccc4c(c3)c(C)nn4C)ncc2c1. The average Bonchev–Trinajstić information content (AvgIpc) is 3.14. The first-order valence-electron chi connectivity index (χ1n) is 12.3. The van der Waals surface area contributed by atoms with Gasteiger partial charge in [-0.25, -0.2) is 0 Å². The molecule has 1 aliphatic heterocycles. The number of rotatable bonds is 5. The highest BCUT2D eigenvalue weighted by Gasteiger charge is 2.39. The minimum absolute atomic E-state index is 0.0106. The average molecular weight is 479 g/mol. The van der Waals surface area contributed by atoms with Crippen LogP contribution >= 0.6 is 0 Å². The van der Waals surface area contributed by atoms with E-state index >= 15 is 0 Å². The number of fused-ring (bicyclic) bond motifs is 2. The normalized spacial score (nSPS) is 15.7. The lowest BCUT2D eigenvalue weighted by molar-refractivity contribution is -0.184. The zero-order valence-electron chi connectivity index (χ0n) is 21.0. The quantitative estimate of drug-likeness (QED) is 0.334. The summed E-state index contributed by atoms with van der Waals surface area (Å²) in [5, 5.41) is 22.6. The van der Waals surface area contributed by atoms with Gasteiger partial charge in [-0.05, 0) is 62.1 Å². The molecule has 1 saturated heterocycles. The van der Waals surface area contributed by atoms with Crippen LogP contribution in [0.3, 0.4) is 0 Å². The van der Waals surface area contributed by atoms with Crippen LogP contribution in [0.25, 0.3) is 32.9 Å². The lowest BCUT2D eigenvalue weighted by atomic mass is 9.90. The first kappa shape index (κ1) is 22.7. The molecule has 6 rings (SSSR count). The lowest BCUT2D eigenvalue weighted by Gasteiger charge is -2.38. The van der Waals surface area contributed by atoms with Crippen molar-refractivity contribution in [3.05, 3.63) is 89.2 Å². The summed E-state index contributed by atoms with van der Waals surface area (Å²) in [7, 11) is 1.97. The van der Waals surface area contributed by atoms with Crippen LogP contribution in [-0.4, -0.2) is 33.1 Å². The number of ether oxygens (including phenoxy) is 1. The van der Waals surface area contributed by atoms with E-state index < -0.39 is 5.60 Å². The summed E-state index contributed by atoms with van der Waals surface area (Å²) in [6.07, 6.45) is 1.97. The first-order chi connectivity index (χ1) is 17.3. The van der Waals surface area contributed by atoms with Gasteiger partial charge in [0.25, 0.3) is 0 Å². The van der Waals surface area contributed by atoms with Crippen molar-refractivity contribution in [1.29, 1.82) is 0 Å². The van der Waals surface area contributed by atoms with Gasteiger partial charge in [-0.2, -0.15) is 5.10 Å². The van der Waals surface area contributed by atoms with Crippen LogP contribution in [0.1, 0.15) is 35.3 Å². The molecule has 6 nitrogen and oxygen atoms in total. The van der Waals surface area contributed by atoms with E-state index in [1.807, 2.05) is 49.1 Å². The summed E-state index contributed by atoms with van der Waals surface area (Å²) >= 11 is 0. The Labute approximate surface area is 210 Å². The standard InChI is InChI=1S/C30H30N4O2/c1-18-11-22-15-31-28(21-9-10-29-24(13-21)20(3)33-34(29)4)14-25(22)23(12-18)19(2)32-27-8-6-5-7-26(27)30(35)16-36-17-30/h5-15,19,32,35H,16-17H2,1-4H3/t19-/m1/s1. The molecule has 1 fully saturated rings. The van der Waals surface area contributed by atoms with E-state index in [4.69, 9.17) is 9.72 Å². The van der Waals surface area contributed by atoms with Crippen LogP contribution in [0, 0.1) is 13.8 Å². The van der Waals surface area contributed by atoms with Gasteiger partial charge in [-0.1, -0.05) is 35.9 Å². The molecule has 1 atom stereocenters. The fourth-order valence-electron chi connectivity index (χ4n) is 5.33. The van der Waals surface area contributed by atoms with Crippen LogP contribution < -0.4 is 5.32 Å². The molecule has 6 heteroatoms.